The average molecular weight is 299 g/mol. The van der Waals surface area contributed by atoms with Crippen molar-refractivity contribution in [3.8, 4) is 0 Å². The van der Waals surface area contributed by atoms with E-state index in [2.05, 4.69) is 36.7 Å². The molecule has 0 bridgehead atoms. The number of alkyl halides is 1. The van der Waals surface area contributed by atoms with Crippen LogP contribution in [0.5, 0.6) is 0 Å². The zero-order valence-electron chi connectivity index (χ0n) is 9.49. The fourth-order valence-electron chi connectivity index (χ4n) is 1.44. The lowest BCUT2D eigenvalue weighted by molar-refractivity contribution is 0.0575. The number of sulfone groups is 1. The third-order valence-electron chi connectivity index (χ3n) is 2.42. The van der Waals surface area contributed by atoms with Crippen LogP contribution < -0.4 is 0 Å². The Balaban J connectivity index is 2.35. The van der Waals surface area contributed by atoms with Crippen molar-refractivity contribution in [2.45, 2.75) is 38.1 Å². The van der Waals surface area contributed by atoms with E-state index in [1.54, 1.807) is 0 Å². The number of halogens is 1. The summed E-state index contributed by atoms with van der Waals surface area (Å²) in [5.41, 5.74) is 0.235. The molecule has 0 N–H and O–H groups in total. The van der Waals surface area contributed by atoms with E-state index in [1.165, 1.54) is 0 Å². The van der Waals surface area contributed by atoms with Crippen molar-refractivity contribution in [1.29, 1.82) is 0 Å². The van der Waals surface area contributed by atoms with E-state index in [1.807, 2.05) is 0 Å². The maximum absolute atomic E-state index is 11.3. The Morgan fingerprint density at radius 3 is 2.33 bits per heavy atom. The average Bonchev–Trinajstić information content (AvgIpc) is 2.22. The molecule has 1 heterocycles. The van der Waals surface area contributed by atoms with Crippen LogP contribution in [0, 0.1) is 5.41 Å². The Bertz CT molecular complexity index is 305. The molecule has 2 atom stereocenters. The van der Waals surface area contributed by atoms with Gasteiger partial charge in [0.1, 0.15) is 0 Å². The molecule has 0 amide bonds. The third-order valence-corrected chi connectivity index (χ3v) is 5.46. The molecule has 0 aliphatic carbocycles. The van der Waals surface area contributed by atoms with E-state index >= 15 is 0 Å². The molecule has 1 aliphatic heterocycles. The van der Waals surface area contributed by atoms with Crippen molar-refractivity contribution < 1.29 is 13.2 Å². The van der Waals surface area contributed by atoms with Crippen molar-refractivity contribution >= 4 is 25.8 Å². The Labute approximate surface area is 101 Å². The van der Waals surface area contributed by atoms with Gasteiger partial charge in [0.15, 0.2) is 9.84 Å². The van der Waals surface area contributed by atoms with Crippen molar-refractivity contribution in [2.24, 2.45) is 5.41 Å². The Kier molecular flexibility index (Phi) is 4.23. The van der Waals surface area contributed by atoms with Gasteiger partial charge in [0, 0.05) is 6.61 Å². The van der Waals surface area contributed by atoms with Gasteiger partial charge in [-0.25, -0.2) is 8.42 Å². The van der Waals surface area contributed by atoms with E-state index in [0.717, 1.165) is 6.42 Å². The van der Waals surface area contributed by atoms with Gasteiger partial charge in [-0.1, -0.05) is 36.7 Å². The number of hydrogen-bond donors (Lipinski definition) is 0. The highest BCUT2D eigenvalue weighted by Crippen LogP contribution is 2.24. The number of hydrogen-bond acceptors (Lipinski definition) is 3. The second kappa shape index (κ2) is 4.72. The number of rotatable bonds is 3. The summed E-state index contributed by atoms with van der Waals surface area (Å²) < 4.78 is 28.2. The highest BCUT2D eigenvalue weighted by molar-refractivity contribution is 9.09. The SMILES string of the molecule is CC(C)(C)CCOC1CS(=O)(=O)CC1Br. The van der Waals surface area contributed by atoms with Crippen molar-refractivity contribution in [2.75, 3.05) is 18.1 Å². The molecule has 0 aromatic carbocycles. The smallest absolute Gasteiger partial charge is 0.154 e. The molecule has 90 valence electrons. The van der Waals surface area contributed by atoms with E-state index in [0.29, 0.717) is 6.61 Å². The lowest BCUT2D eigenvalue weighted by Crippen LogP contribution is -2.24. The predicted molar refractivity (Wildman–Crippen MR) is 65.2 cm³/mol. The van der Waals surface area contributed by atoms with Crippen molar-refractivity contribution in [1.82, 2.24) is 0 Å². The van der Waals surface area contributed by atoms with Crippen LogP contribution in [-0.4, -0.2) is 37.5 Å². The minimum Gasteiger partial charge on any atom is -0.376 e. The van der Waals surface area contributed by atoms with Crippen LogP contribution in [0.3, 0.4) is 0 Å². The summed E-state index contributed by atoms with van der Waals surface area (Å²) in [5.74, 6) is 0.361. The quantitative estimate of drug-likeness (QED) is 0.749. The molecule has 3 nitrogen and oxygen atoms in total. The van der Waals surface area contributed by atoms with Crippen LogP contribution in [0.4, 0.5) is 0 Å². The molecule has 0 spiro atoms. The van der Waals surface area contributed by atoms with Crippen molar-refractivity contribution in [3.05, 3.63) is 0 Å². The Morgan fingerprint density at radius 2 is 1.93 bits per heavy atom. The topological polar surface area (TPSA) is 43.4 Å². The van der Waals surface area contributed by atoms with Crippen LogP contribution in [0.15, 0.2) is 0 Å². The standard InChI is InChI=1S/C10H19BrO3S/c1-10(2,3)4-5-14-9-7-15(12,13)6-8(9)11/h8-9H,4-7H2,1-3H3. The minimum atomic E-state index is -2.88. The van der Waals surface area contributed by atoms with Gasteiger partial charge in [-0.2, -0.15) is 0 Å². The summed E-state index contributed by atoms with van der Waals surface area (Å²) in [4.78, 5) is -0.0394. The molecular weight excluding hydrogens is 280 g/mol. The van der Waals surface area contributed by atoms with Gasteiger partial charge in [-0.15, -0.1) is 0 Å². The third kappa shape index (κ3) is 4.83. The predicted octanol–water partition coefficient (Wildman–Crippen LogP) is 2.00. The fourth-order valence-corrected chi connectivity index (χ4v) is 4.90. The van der Waals surface area contributed by atoms with Gasteiger partial charge in [0.25, 0.3) is 0 Å². The first-order valence-electron chi connectivity index (χ1n) is 5.16. The minimum absolute atomic E-state index is 0.0394. The second-order valence-corrected chi connectivity index (χ2v) is 8.64. The summed E-state index contributed by atoms with van der Waals surface area (Å²) in [6, 6.07) is 0. The first kappa shape index (κ1) is 13.5. The van der Waals surface area contributed by atoms with Crippen molar-refractivity contribution in [3.63, 3.8) is 0 Å². The van der Waals surface area contributed by atoms with Gasteiger partial charge in [-0.3, -0.25) is 0 Å². The molecule has 1 rings (SSSR count). The summed E-state index contributed by atoms with van der Waals surface area (Å²) in [6.45, 7) is 7.07. The molecule has 1 fully saturated rings. The van der Waals surface area contributed by atoms with Crippen LogP contribution in [0.1, 0.15) is 27.2 Å². The highest BCUT2D eigenvalue weighted by atomic mass is 79.9. The van der Waals surface area contributed by atoms with E-state index < -0.39 is 9.84 Å². The zero-order chi connectivity index (χ0) is 11.7. The second-order valence-electron chi connectivity index (χ2n) is 5.31. The molecule has 1 aliphatic rings. The molecule has 0 radical (unpaired) electrons. The van der Waals surface area contributed by atoms with Crippen LogP contribution >= 0.6 is 15.9 Å². The summed E-state index contributed by atoms with van der Waals surface area (Å²) in [5, 5.41) is 0. The Morgan fingerprint density at radius 1 is 1.33 bits per heavy atom. The summed E-state index contributed by atoms with van der Waals surface area (Å²) >= 11 is 3.36. The van der Waals surface area contributed by atoms with Crippen LogP contribution in [-0.2, 0) is 14.6 Å². The first-order valence-corrected chi connectivity index (χ1v) is 7.89. The lowest BCUT2D eigenvalue weighted by atomic mass is 9.93. The fraction of sp³-hybridized carbons (Fsp3) is 1.00. The maximum atomic E-state index is 11.3. The van der Waals surface area contributed by atoms with Crippen LogP contribution in [0.25, 0.3) is 0 Å². The molecule has 5 heteroatoms. The molecule has 2 unspecified atom stereocenters. The van der Waals surface area contributed by atoms with Gasteiger partial charge in [0.05, 0.1) is 22.4 Å². The maximum Gasteiger partial charge on any atom is 0.154 e. The monoisotopic (exact) mass is 298 g/mol. The molecular formula is C10H19BrO3S. The largest absolute Gasteiger partial charge is 0.376 e. The normalized spacial score (nSPS) is 30.7. The van der Waals surface area contributed by atoms with E-state index in [-0.39, 0.29) is 27.9 Å². The summed E-state index contributed by atoms with van der Waals surface area (Å²) in [6.07, 6.45) is 0.779. The highest BCUT2D eigenvalue weighted by Gasteiger charge is 2.36. The zero-order valence-corrected chi connectivity index (χ0v) is 11.9. The first-order chi connectivity index (χ1) is 6.70. The Hall–Kier alpha value is 0.390. The molecule has 0 aromatic heterocycles. The molecule has 15 heavy (non-hydrogen) atoms. The van der Waals surface area contributed by atoms with E-state index in [4.69, 9.17) is 4.74 Å². The number of ether oxygens (including phenoxy) is 1. The van der Waals surface area contributed by atoms with Gasteiger partial charge >= 0.3 is 0 Å². The van der Waals surface area contributed by atoms with E-state index in [9.17, 15) is 8.42 Å². The van der Waals surface area contributed by atoms with Gasteiger partial charge in [0.2, 0.25) is 0 Å². The van der Waals surface area contributed by atoms with Gasteiger partial charge in [-0.05, 0) is 11.8 Å². The van der Waals surface area contributed by atoms with Gasteiger partial charge < -0.3 is 4.74 Å². The summed E-state index contributed by atoms with van der Waals surface area (Å²) in [7, 11) is -2.88. The van der Waals surface area contributed by atoms with Crippen LogP contribution in [0.2, 0.25) is 0 Å². The lowest BCUT2D eigenvalue weighted by Gasteiger charge is -2.20. The molecule has 0 saturated carbocycles. The molecule has 0 aromatic rings. The molecule has 1 saturated heterocycles.